The molecule has 0 aliphatic rings. The number of carbonyl (C=O) groups is 1. The van der Waals surface area contributed by atoms with E-state index in [0.29, 0.717) is 16.1 Å². The Bertz CT molecular complexity index is 878. The number of amides is 1. The summed E-state index contributed by atoms with van der Waals surface area (Å²) in [4.78, 5) is 12.2. The highest BCUT2D eigenvalue weighted by molar-refractivity contribution is 6.33. The van der Waals surface area contributed by atoms with Gasteiger partial charge < -0.3 is 5.32 Å². The topological polar surface area (TPSA) is 46.9 Å². The van der Waals surface area contributed by atoms with Crippen LogP contribution >= 0.6 is 23.2 Å². The molecule has 1 heterocycles. The van der Waals surface area contributed by atoms with Crippen molar-refractivity contribution < 1.29 is 9.18 Å². The van der Waals surface area contributed by atoms with Crippen molar-refractivity contribution in [1.82, 2.24) is 9.78 Å². The van der Waals surface area contributed by atoms with Crippen LogP contribution in [-0.2, 0) is 6.54 Å². The van der Waals surface area contributed by atoms with Gasteiger partial charge in [0, 0.05) is 22.3 Å². The molecule has 0 bridgehead atoms. The Morgan fingerprint density at radius 1 is 1.12 bits per heavy atom. The van der Waals surface area contributed by atoms with Crippen LogP contribution in [0.25, 0.3) is 0 Å². The first-order valence-electron chi connectivity index (χ1n) is 7.06. The van der Waals surface area contributed by atoms with Crippen molar-refractivity contribution in [2.24, 2.45) is 0 Å². The number of halogens is 3. The summed E-state index contributed by atoms with van der Waals surface area (Å²) < 4.78 is 15.2. The maximum absolute atomic E-state index is 13.7. The van der Waals surface area contributed by atoms with Crippen LogP contribution in [0.5, 0.6) is 0 Å². The van der Waals surface area contributed by atoms with Gasteiger partial charge in [0.15, 0.2) is 5.82 Å². The largest absolute Gasteiger partial charge is 0.304 e. The smallest absolute Gasteiger partial charge is 0.256 e. The molecule has 0 fully saturated rings. The van der Waals surface area contributed by atoms with Crippen molar-refractivity contribution >= 4 is 34.9 Å². The molecule has 0 spiro atoms. The number of carbonyl (C=O) groups excluding carboxylic acids is 1. The van der Waals surface area contributed by atoms with E-state index in [1.54, 1.807) is 42.5 Å². The molecule has 7 heteroatoms. The third-order valence-electron chi connectivity index (χ3n) is 3.35. The molecule has 1 amide bonds. The van der Waals surface area contributed by atoms with Crippen LogP contribution in [0.3, 0.4) is 0 Å². The molecule has 4 nitrogen and oxygen atoms in total. The molecule has 24 heavy (non-hydrogen) atoms. The van der Waals surface area contributed by atoms with Gasteiger partial charge in [0.1, 0.15) is 10.8 Å². The van der Waals surface area contributed by atoms with E-state index >= 15 is 0 Å². The first kappa shape index (κ1) is 16.5. The van der Waals surface area contributed by atoms with E-state index in [0.717, 1.165) is 0 Å². The Morgan fingerprint density at radius 3 is 2.54 bits per heavy atom. The highest BCUT2D eigenvalue weighted by Crippen LogP contribution is 2.21. The lowest BCUT2D eigenvalue weighted by molar-refractivity contribution is 0.102. The van der Waals surface area contributed by atoms with Crippen molar-refractivity contribution in [3.63, 3.8) is 0 Å². The van der Waals surface area contributed by atoms with Crippen LogP contribution in [-0.4, -0.2) is 15.7 Å². The Morgan fingerprint density at radius 2 is 1.83 bits per heavy atom. The van der Waals surface area contributed by atoms with Crippen molar-refractivity contribution in [3.8, 4) is 0 Å². The fourth-order valence-electron chi connectivity index (χ4n) is 2.14. The van der Waals surface area contributed by atoms with Crippen LogP contribution in [0.4, 0.5) is 10.2 Å². The third-order valence-corrected chi connectivity index (χ3v) is 3.87. The number of aromatic nitrogens is 2. The Kier molecular flexibility index (Phi) is 4.83. The molecule has 122 valence electrons. The average Bonchev–Trinajstić information content (AvgIpc) is 2.90. The molecule has 0 radical (unpaired) electrons. The van der Waals surface area contributed by atoms with Gasteiger partial charge in [-0.15, -0.1) is 0 Å². The molecular formula is C17H12Cl2FN3O. The van der Waals surface area contributed by atoms with E-state index in [1.165, 1.54) is 16.9 Å². The minimum atomic E-state index is -0.357. The van der Waals surface area contributed by atoms with Gasteiger partial charge in [-0.05, 0) is 30.3 Å². The van der Waals surface area contributed by atoms with E-state index in [-0.39, 0.29) is 29.1 Å². The second-order valence-corrected chi connectivity index (χ2v) is 5.92. The van der Waals surface area contributed by atoms with Gasteiger partial charge in [0.05, 0.1) is 6.54 Å². The Labute approximate surface area is 147 Å². The lowest BCUT2D eigenvalue weighted by Crippen LogP contribution is -2.13. The summed E-state index contributed by atoms with van der Waals surface area (Å²) in [6.07, 6.45) is 1.53. The van der Waals surface area contributed by atoms with Crippen LogP contribution in [0.2, 0.25) is 10.0 Å². The number of rotatable bonds is 4. The minimum absolute atomic E-state index is 0.212. The van der Waals surface area contributed by atoms with Gasteiger partial charge in [0.25, 0.3) is 5.91 Å². The highest BCUT2D eigenvalue weighted by Gasteiger charge is 2.13. The molecule has 3 aromatic rings. The van der Waals surface area contributed by atoms with Gasteiger partial charge in [-0.3, -0.25) is 9.48 Å². The molecule has 2 aromatic carbocycles. The molecule has 1 aromatic heterocycles. The van der Waals surface area contributed by atoms with Crippen LogP contribution in [0.1, 0.15) is 15.9 Å². The SMILES string of the molecule is O=C(Nc1nn(Cc2ccccc2F)cc1Cl)c1ccc(Cl)cc1. The third kappa shape index (κ3) is 3.75. The van der Waals surface area contributed by atoms with Crippen LogP contribution in [0.15, 0.2) is 54.7 Å². The van der Waals surface area contributed by atoms with Crippen molar-refractivity contribution in [1.29, 1.82) is 0 Å². The van der Waals surface area contributed by atoms with E-state index in [9.17, 15) is 9.18 Å². The second-order valence-electron chi connectivity index (χ2n) is 5.08. The quantitative estimate of drug-likeness (QED) is 0.734. The summed E-state index contributed by atoms with van der Waals surface area (Å²) in [6, 6.07) is 12.8. The summed E-state index contributed by atoms with van der Waals surface area (Å²) in [6.45, 7) is 0.212. The van der Waals surface area contributed by atoms with Crippen LogP contribution in [0, 0.1) is 5.82 Å². The maximum Gasteiger partial charge on any atom is 0.256 e. The summed E-state index contributed by atoms with van der Waals surface area (Å²) in [5, 5.41) is 7.63. The van der Waals surface area contributed by atoms with Crippen molar-refractivity contribution in [3.05, 3.63) is 81.7 Å². The minimum Gasteiger partial charge on any atom is -0.304 e. The molecule has 0 saturated carbocycles. The standard InChI is InChI=1S/C17H12Cl2FN3O/c18-13-7-5-11(6-8-13)17(24)21-16-14(19)10-23(22-16)9-12-3-1-2-4-15(12)20/h1-8,10H,9H2,(H,21,22,24). The summed E-state index contributed by atoms with van der Waals surface area (Å²) >= 11 is 11.9. The molecule has 0 aliphatic heterocycles. The molecule has 1 N–H and O–H groups in total. The predicted octanol–water partition coefficient (Wildman–Crippen LogP) is 4.63. The number of hydrogen-bond donors (Lipinski definition) is 1. The monoisotopic (exact) mass is 363 g/mol. The van der Waals surface area contributed by atoms with Gasteiger partial charge >= 0.3 is 0 Å². The summed E-state index contributed by atoms with van der Waals surface area (Å²) in [5.41, 5.74) is 0.909. The number of anilines is 1. The van der Waals surface area contributed by atoms with Gasteiger partial charge in [0.2, 0.25) is 0 Å². The number of hydrogen-bond acceptors (Lipinski definition) is 2. The normalized spacial score (nSPS) is 10.6. The Balaban J connectivity index is 1.75. The summed E-state index contributed by atoms with van der Waals surface area (Å²) in [5.74, 6) is -0.464. The van der Waals surface area contributed by atoms with E-state index in [1.807, 2.05) is 0 Å². The number of benzene rings is 2. The van der Waals surface area contributed by atoms with Gasteiger partial charge in [-0.25, -0.2) is 4.39 Å². The lowest BCUT2D eigenvalue weighted by atomic mass is 10.2. The molecule has 0 unspecified atom stereocenters. The van der Waals surface area contributed by atoms with Gasteiger partial charge in [-0.2, -0.15) is 5.10 Å². The zero-order chi connectivity index (χ0) is 17.1. The van der Waals surface area contributed by atoms with Crippen molar-refractivity contribution in [2.75, 3.05) is 5.32 Å². The molecule has 3 rings (SSSR count). The second kappa shape index (κ2) is 7.03. The lowest BCUT2D eigenvalue weighted by Gasteiger charge is -2.04. The van der Waals surface area contributed by atoms with E-state index in [2.05, 4.69) is 10.4 Å². The zero-order valence-corrected chi connectivity index (χ0v) is 13.9. The zero-order valence-electron chi connectivity index (χ0n) is 12.3. The predicted molar refractivity (Wildman–Crippen MR) is 92.1 cm³/mol. The molecule has 0 aliphatic carbocycles. The fraction of sp³-hybridized carbons (Fsp3) is 0.0588. The van der Waals surface area contributed by atoms with Gasteiger partial charge in [-0.1, -0.05) is 41.4 Å². The molecule has 0 atom stereocenters. The molecule has 0 saturated heterocycles. The highest BCUT2D eigenvalue weighted by atomic mass is 35.5. The summed E-state index contributed by atoms with van der Waals surface area (Å²) in [7, 11) is 0. The Hall–Kier alpha value is -2.37. The first-order valence-corrected chi connectivity index (χ1v) is 7.82. The number of nitrogens with zero attached hydrogens (tertiary/aromatic N) is 2. The van der Waals surface area contributed by atoms with Crippen molar-refractivity contribution in [2.45, 2.75) is 6.54 Å². The first-order chi connectivity index (χ1) is 11.5. The van der Waals surface area contributed by atoms with E-state index in [4.69, 9.17) is 23.2 Å². The number of nitrogens with one attached hydrogen (secondary N) is 1. The van der Waals surface area contributed by atoms with E-state index < -0.39 is 0 Å². The average molecular weight is 364 g/mol. The maximum atomic E-state index is 13.7. The fourth-order valence-corrected chi connectivity index (χ4v) is 2.47. The van der Waals surface area contributed by atoms with Crippen LogP contribution < -0.4 is 5.32 Å². The molecular weight excluding hydrogens is 352 g/mol.